The molecule has 11 nitrogen and oxygen atoms in total. The number of hydrogen-bond donors (Lipinski definition) is 2. The van der Waals surface area contributed by atoms with Gasteiger partial charge < -0.3 is 24.4 Å². The van der Waals surface area contributed by atoms with Gasteiger partial charge in [-0.15, -0.1) is 6.58 Å². The molecule has 0 saturated carbocycles. The molecule has 3 amide bonds. The Hall–Kier alpha value is -5.42. The predicted molar refractivity (Wildman–Crippen MR) is 161 cm³/mol. The normalized spacial score (nSPS) is 18.9. The van der Waals surface area contributed by atoms with Crippen molar-refractivity contribution in [3.8, 4) is 17.1 Å². The predicted octanol–water partition coefficient (Wildman–Crippen LogP) is 3.67. The Morgan fingerprint density at radius 2 is 1.75 bits per heavy atom. The van der Waals surface area contributed by atoms with Crippen LogP contribution in [0.4, 0.5) is 4.79 Å². The van der Waals surface area contributed by atoms with Crippen molar-refractivity contribution in [3.63, 3.8) is 0 Å². The van der Waals surface area contributed by atoms with Crippen molar-refractivity contribution >= 4 is 28.9 Å². The highest BCUT2D eigenvalue weighted by Crippen LogP contribution is 2.31. The lowest BCUT2D eigenvalue weighted by Gasteiger charge is -2.54. The highest BCUT2D eigenvalue weighted by Gasteiger charge is 2.51. The fraction of sp³-hybridized carbons (Fsp3) is 0.212. The molecule has 4 aromatic rings. The number of carboxylic acid groups (broad SMARTS) is 1. The number of benzene rings is 3. The smallest absolute Gasteiger partial charge is 0.424 e. The molecule has 3 aromatic carbocycles. The third-order valence-corrected chi connectivity index (χ3v) is 7.99. The number of phenolic OH excluding ortho intramolecular Hbond substituents is 1. The fourth-order valence-corrected chi connectivity index (χ4v) is 5.99. The third kappa shape index (κ3) is 5.29. The van der Waals surface area contributed by atoms with E-state index in [1.54, 1.807) is 30.3 Å². The summed E-state index contributed by atoms with van der Waals surface area (Å²) < 4.78 is 6.25. The summed E-state index contributed by atoms with van der Waals surface area (Å²) in [6.07, 6.45) is -0.651. The van der Waals surface area contributed by atoms with Gasteiger partial charge in [-0.3, -0.25) is 14.4 Å². The van der Waals surface area contributed by atoms with E-state index in [1.807, 2.05) is 30.3 Å². The first-order valence-electron chi connectivity index (χ1n) is 14.1. The summed E-state index contributed by atoms with van der Waals surface area (Å²) >= 11 is 0. The number of fused-ring (bicyclic) bond motifs is 2. The molecule has 2 atom stereocenters. The highest BCUT2D eigenvalue weighted by molar-refractivity contribution is 5.92. The zero-order valence-corrected chi connectivity index (χ0v) is 23.7. The van der Waals surface area contributed by atoms with Gasteiger partial charge in [-0.1, -0.05) is 60.7 Å². The lowest BCUT2D eigenvalue weighted by Crippen LogP contribution is -2.75. The fourth-order valence-electron chi connectivity index (χ4n) is 5.99. The molecule has 0 bridgehead atoms. The molecule has 6 rings (SSSR count). The molecule has 44 heavy (non-hydrogen) atoms. The first kappa shape index (κ1) is 28.7. The number of aromatic hydroxyl groups is 1. The number of piperazine rings is 1. The van der Waals surface area contributed by atoms with Crippen molar-refractivity contribution in [2.45, 2.75) is 25.2 Å². The third-order valence-electron chi connectivity index (χ3n) is 7.99. The second-order valence-corrected chi connectivity index (χ2v) is 10.8. The molecule has 0 aliphatic carbocycles. The number of rotatable bonds is 7. The number of para-hydroxylation sites is 1. The minimum Gasteiger partial charge on any atom is -0.508 e. The molecule has 3 heterocycles. The molecule has 2 unspecified atom stereocenters. The second kappa shape index (κ2) is 11.7. The van der Waals surface area contributed by atoms with Gasteiger partial charge in [0.25, 0.3) is 0 Å². The van der Waals surface area contributed by atoms with E-state index in [2.05, 4.69) is 6.58 Å². The molecule has 0 radical (unpaired) electrons. The van der Waals surface area contributed by atoms with E-state index in [4.69, 9.17) is 4.42 Å². The standard InChI is InChI=1S/C33H30N4O7/c1-2-15-35-20-30(40)36-26(16-21-11-13-24(38)14-12-21)32(41)34(19-29(36)37(35)33(42)43)18-23-9-6-10-25-27(39)17-28(44-31(23)25)22-7-4-3-5-8-22/h2-14,17,26,29,38H,1,15-16,18-20H2,(H,42,43). The monoisotopic (exact) mass is 594 g/mol. The number of carbonyl (C=O) groups excluding carboxylic acids is 2. The van der Waals surface area contributed by atoms with E-state index in [-0.39, 0.29) is 55.6 Å². The first-order valence-corrected chi connectivity index (χ1v) is 14.1. The van der Waals surface area contributed by atoms with E-state index in [0.717, 1.165) is 10.6 Å². The van der Waals surface area contributed by atoms with Crippen LogP contribution in [-0.4, -0.2) is 79.8 Å². The van der Waals surface area contributed by atoms with E-state index in [9.17, 15) is 29.4 Å². The largest absolute Gasteiger partial charge is 0.508 e. The minimum atomic E-state index is -1.27. The Morgan fingerprint density at radius 1 is 1.00 bits per heavy atom. The maximum absolute atomic E-state index is 14.2. The number of carbonyl (C=O) groups is 3. The van der Waals surface area contributed by atoms with Crippen molar-refractivity contribution in [1.29, 1.82) is 0 Å². The SMILES string of the molecule is C=CCN1CC(=O)N2C(Cc3ccc(O)cc3)C(=O)N(Cc3cccc4c(=O)cc(-c5ccccc5)oc34)CC2N1C(=O)O. The van der Waals surface area contributed by atoms with Crippen molar-refractivity contribution in [2.24, 2.45) is 0 Å². The molecule has 2 fully saturated rings. The Bertz CT molecular complexity index is 1800. The number of hydrazine groups is 1. The van der Waals surface area contributed by atoms with Crippen LogP contribution in [0.25, 0.3) is 22.3 Å². The molecule has 0 spiro atoms. The van der Waals surface area contributed by atoms with Gasteiger partial charge in [0.2, 0.25) is 11.8 Å². The number of nitrogens with zero attached hydrogens (tertiary/aromatic N) is 4. The van der Waals surface area contributed by atoms with E-state index in [1.165, 1.54) is 39.1 Å². The van der Waals surface area contributed by atoms with Gasteiger partial charge in [0.15, 0.2) is 5.43 Å². The zero-order valence-electron chi connectivity index (χ0n) is 23.7. The van der Waals surface area contributed by atoms with Crippen LogP contribution in [-0.2, 0) is 22.6 Å². The minimum absolute atomic E-state index is 0.0108. The second-order valence-electron chi connectivity index (χ2n) is 10.8. The highest BCUT2D eigenvalue weighted by atomic mass is 16.4. The van der Waals surface area contributed by atoms with E-state index < -0.39 is 18.3 Å². The summed E-state index contributed by atoms with van der Waals surface area (Å²) in [5, 5.41) is 22.9. The van der Waals surface area contributed by atoms with Crippen LogP contribution < -0.4 is 5.43 Å². The maximum atomic E-state index is 14.2. The van der Waals surface area contributed by atoms with Crippen LogP contribution in [0.5, 0.6) is 5.75 Å². The van der Waals surface area contributed by atoms with Crippen LogP contribution >= 0.6 is 0 Å². The number of amides is 3. The summed E-state index contributed by atoms with van der Waals surface area (Å²) in [6.45, 7) is 3.49. The van der Waals surface area contributed by atoms with E-state index >= 15 is 0 Å². The Balaban J connectivity index is 1.42. The van der Waals surface area contributed by atoms with Crippen LogP contribution in [0.2, 0.25) is 0 Å². The number of phenols is 1. The van der Waals surface area contributed by atoms with Crippen molar-refractivity contribution < 1.29 is 29.0 Å². The topological polar surface area (TPSA) is 135 Å². The Morgan fingerprint density at radius 3 is 2.45 bits per heavy atom. The molecular weight excluding hydrogens is 564 g/mol. The quantitative estimate of drug-likeness (QED) is 0.310. The molecular formula is C33H30N4O7. The lowest BCUT2D eigenvalue weighted by atomic mass is 9.98. The summed E-state index contributed by atoms with van der Waals surface area (Å²) in [7, 11) is 0. The molecule has 2 saturated heterocycles. The van der Waals surface area contributed by atoms with Gasteiger partial charge in [-0.25, -0.2) is 14.8 Å². The van der Waals surface area contributed by atoms with Gasteiger partial charge in [0.05, 0.1) is 18.5 Å². The van der Waals surface area contributed by atoms with Crippen LogP contribution in [0.3, 0.4) is 0 Å². The Labute approximate surface area is 252 Å². The molecule has 1 aromatic heterocycles. The van der Waals surface area contributed by atoms with Gasteiger partial charge >= 0.3 is 6.09 Å². The summed E-state index contributed by atoms with van der Waals surface area (Å²) in [5.41, 5.74) is 2.07. The van der Waals surface area contributed by atoms with Gasteiger partial charge in [0, 0.05) is 36.7 Å². The van der Waals surface area contributed by atoms with Gasteiger partial charge in [-0.05, 0) is 23.8 Å². The average molecular weight is 595 g/mol. The number of hydrogen-bond acceptors (Lipinski definition) is 7. The summed E-state index contributed by atoms with van der Waals surface area (Å²) in [6, 6.07) is 21.1. The molecule has 2 aliphatic heterocycles. The van der Waals surface area contributed by atoms with Crippen molar-refractivity contribution in [1.82, 2.24) is 19.8 Å². The molecule has 2 aliphatic rings. The van der Waals surface area contributed by atoms with Crippen molar-refractivity contribution in [3.05, 3.63) is 113 Å². The van der Waals surface area contributed by atoms with Crippen LogP contribution in [0.15, 0.2) is 101 Å². The molecule has 2 N–H and O–H groups in total. The van der Waals surface area contributed by atoms with Gasteiger partial charge in [-0.2, -0.15) is 0 Å². The Kier molecular flexibility index (Phi) is 7.62. The van der Waals surface area contributed by atoms with Crippen molar-refractivity contribution in [2.75, 3.05) is 19.6 Å². The molecule has 224 valence electrons. The van der Waals surface area contributed by atoms with Crippen LogP contribution in [0.1, 0.15) is 11.1 Å². The lowest BCUT2D eigenvalue weighted by molar-refractivity contribution is -0.192. The average Bonchev–Trinajstić information content (AvgIpc) is 3.01. The summed E-state index contributed by atoms with van der Waals surface area (Å²) in [4.78, 5) is 56.2. The first-order chi connectivity index (χ1) is 21.2. The zero-order chi connectivity index (χ0) is 31.0. The van der Waals surface area contributed by atoms with E-state index in [0.29, 0.717) is 27.9 Å². The van der Waals surface area contributed by atoms with Gasteiger partial charge in [0.1, 0.15) is 29.3 Å². The van der Waals surface area contributed by atoms with Crippen LogP contribution in [0, 0.1) is 0 Å². The summed E-state index contributed by atoms with van der Waals surface area (Å²) in [5.74, 6) is -0.313. The maximum Gasteiger partial charge on any atom is 0.424 e. The molecule has 11 heteroatoms.